The number of thiazole rings is 1. The average Bonchev–Trinajstić information content (AvgIpc) is 3.17. The number of anilines is 1. The molecular weight excluding hydrogens is 294 g/mol. The summed E-state index contributed by atoms with van der Waals surface area (Å²) >= 11 is 1.63. The van der Waals surface area contributed by atoms with Crippen molar-refractivity contribution < 1.29 is 4.79 Å². The van der Waals surface area contributed by atoms with Gasteiger partial charge in [0.1, 0.15) is 0 Å². The minimum Gasteiger partial charge on any atom is -0.324 e. The molecule has 5 heteroatoms. The van der Waals surface area contributed by atoms with E-state index in [1.165, 1.54) is 0 Å². The Morgan fingerprint density at radius 2 is 2.36 bits per heavy atom. The van der Waals surface area contributed by atoms with Gasteiger partial charge in [-0.25, -0.2) is 4.98 Å². The highest BCUT2D eigenvalue weighted by Gasteiger charge is 2.39. The molecule has 1 unspecified atom stereocenters. The molecule has 116 valence electrons. The summed E-state index contributed by atoms with van der Waals surface area (Å²) in [5, 5.41) is 9.52. The maximum absolute atomic E-state index is 12.6. The summed E-state index contributed by atoms with van der Waals surface area (Å²) in [6.07, 6.45) is 2.77. The van der Waals surface area contributed by atoms with Crippen molar-refractivity contribution in [3.05, 3.63) is 34.7 Å². The number of hydrogen-bond acceptors (Lipinski definition) is 4. The molecule has 1 saturated heterocycles. The summed E-state index contributed by atoms with van der Waals surface area (Å²) in [6.45, 7) is 4.97. The normalized spacial score (nSPS) is 21.0. The van der Waals surface area contributed by atoms with E-state index in [9.17, 15) is 4.79 Å². The smallest absolute Gasteiger partial charge is 0.244 e. The van der Waals surface area contributed by atoms with Crippen LogP contribution in [0.1, 0.15) is 31.2 Å². The van der Waals surface area contributed by atoms with Crippen LogP contribution in [0.4, 0.5) is 5.69 Å². The predicted molar refractivity (Wildman–Crippen MR) is 91.2 cm³/mol. The summed E-state index contributed by atoms with van der Waals surface area (Å²) in [7, 11) is 0. The zero-order chi connectivity index (χ0) is 15.6. The van der Waals surface area contributed by atoms with E-state index in [0.717, 1.165) is 47.8 Å². The molecule has 2 aromatic rings. The molecule has 2 N–H and O–H groups in total. The van der Waals surface area contributed by atoms with Crippen molar-refractivity contribution in [2.75, 3.05) is 11.9 Å². The third-order valence-corrected chi connectivity index (χ3v) is 5.09. The van der Waals surface area contributed by atoms with Crippen molar-refractivity contribution in [1.29, 1.82) is 0 Å². The number of carbonyl (C=O) groups is 1. The van der Waals surface area contributed by atoms with Gasteiger partial charge < -0.3 is 10.6 Å². The fourth-order valence-electron chi connectivity index (χ4n) is 2.97. The second-order valence-corrected chi connectivity index (χ2v) is 6.81. The fourth-order valence-corrected chi connectivity index (χ4v) is 3.59. The number of hydrogen-bond donors (Lipinski definition) is 2. The molecule has 2 heterocycles. The van der Waals surface area contributed by atoms with Gasteiger partial charge in [-0.1, -0.05) is 19.1 Å². The molecule has 0 saturated carbocycles. The molecule has 0 radical (unpaired) electrons. The fraction of sp³-hybridized carbons (Fsp3) is 0.412. The van der Waals surface area contributed by atoms with Crippen LogP contribution in [-0.4, -0.2) is 23.0 Å². The maximum Gasteiger partial charge on any atom is 0.244 e. The van der Waals surface area contributed by atoms with Gasteiger partial charge >= 0.3 is 0 Å². The molecule has 0 bridgehead atoms. The second kappa shape index (κ2) is 6.18. The first-order valence-corrected chi connectivity index (χ1v) is 8.60. The molecule has 1 aliphatic rings. The summed E-state index contributed by atoms with van der Waals surface area (Å²) < 4.78 is 0. The first-order chi connectivity index (χ1) is 10.6. The van der Waals surface area contributed by atoms with E-state index in [4.69, 9.17) is 0 Å². The van der Waals surface area contributed by atoms with E-state index < -0.39 is 5.54 Å². The number of nitrogens with one attached hydrogen (secondary N) is 2. The van der Waals surface area contributed by atoms with Gasteiger partial charge in [0.2, 0.25) is 5.91 Å². The van der Waals surface area contributed by atoms with Crippen molar-refractivity contribution in [3.8, 4) is 11.3 Å². The molecule has 1 fully saturated rings. The van der Waals surface area contributed by atoms with Gasteiger partial charge in [-0.15, -0.1) is 11.3 Å². The molecule has 4 nitrogen and oxygen atoms in total. The molecule has 0 spiro atoms. The van der Waals surface area contributed by atoms with Crippen LogP contribution < -0.4 is 10.6 Å². The zero-order valence-corrected chi connectivity index (χ0v) is 13.8. The Morgan fingerprint density at radius 1 is 1.50 bits per heavy atom. The minimum atomic E-state index is -0.410. The number of benzene rings is 1. The third kappa shape index (κ3) is 2.91. The van der Waals surface area contributed by atoms with E-state index >= 15 is 0 Å². The number of amides is 1. The molecule has 1 aromatic carbocycles. The monoisotopic (exact) mass is 315 g/mol. The molecule has 22 heavy (non-hydrogen) atoms. The second-order valence-electron chi connectivity index (χ2n) is 5.75. The van der Waals surface area contributed by atoms with Crippen molar-refractivity contribution >= 4 is 22.9 Å². The Labute approximate surface area is 135 Å². The van der Waals surface area contributed by atoms with Crippen LogP contribution in [-0.2, 0) is 4.79 Å². The molecule has 1 aliphatic heterocycles. The lowest BCUT2D eigenvalue weighted by Crippen LogP contribution is -2.50. The maximum atomic E-state index is 12.6. The standard InChI is InChI=1S/C17H21N3OS/c1-3-17(8-5-9-18-17)16(21)20-14-7-4-6-13(10-14)15-11-22-12(2)19-15/h4,6-7,10-11,18H,3,5,8-9H2,1-2H3,(H,20,21). The third-order valence-electron chi connectivity index (χ3n) is 4.32. The van der Waals surface area contributed by atoms with Crippen LogP contribution in [0.5, 0.6) is 0 Å². The van der Waals surface area contributed by atoms with E-state index in [1.54, 1.807) is 11.3 Å². The number of carbonyl (C=O) groups excluding carboxylic acids is 1. The topological polar surface area (TPSA) is 54.0 Å². The Morgan fingerprint density at radius 3 is 3.00 bits per heavy atom. The zero-order valence-electron chi connectivity index (χ0n) is 13.0. The largest absolute Gasteiger partial charge is 0.324 e. The number of aryl methyl sites for hydroxylation is 1. The number of aromatic nitrogens is 1. The molecule has 0 aliphatic carbocycles. The Balaban J connectivity index is 1.79. The van der Waals surface area contributed by atoms with Crippen LogP contribution >= 0.6 is 11.3 Å². The Hall–Kier alpha value is -1.72. The van der Waals surface area contributed by atoms with Crippen LogP contribution in [0, 0.1) is 6.92 Å². The summed E-state index contributed by atoms with van der Waals surface area (Å²) in [5.41, 5.74) is 2.41. The molecule has 1 atom stereocenters. The first-order valence-electron chi connectivity index (χ1n) is 7.72. The highest BCUT2D eigenvalue weighted by molar-refractivity contribution is 7.09. The Kier molecular flexibility index (Phi) is 4.27. The van der Waals surface area contributed by atoms with Gasteiger partial charge in [0, 0.05) is 16.6 Å². The lowest BCUT2D eigenvalue weighted by atomic mass is 9.93. The van der Waals surface area contributed by atoms with Gasteiger partial charge in [-0.2, -0.15) is 0 Å². The predicted octanol–water partition coefficient (Wildman–Crippen LogP) is 3.59. The van der Waals surface area contributed by atoms with Crippen LogP contribution in [0.25, 0.3) is 11.3 Å². The SMILES string of the molecule is CCC1(C(=O)Nc2cccc(-c3csc(C)n3)c2)CCCN1. The lowest BCUT2D eigenvalue weighted by Gasteiger charge is -2.26. The van der Waals surface area contributed by atoms with Crippen LogP contribution in [0.2, 0.25) is 0 Å². The molecule has 3 rings (SSSR count). The van der Waals surface area contributed by atoms with Gasteiger partial charge in [0.05, 0.1) is 16.2 Å². The quantitative estimate of drug-likeness (QED) is 0.906. The van der Waals surface area contributed by atoms with Gasteiger partial charge in [0.25, 0.3) is 0 Å². The van der Waals surface area contributed by atoms with E-state index in [-0.39, 0.29) is 5.91 Å². The van der Waals surface area contributed by atoms with Crippen molar-refractivity contribution in [2.45, 2.75) is 38.6 Å². The van der Waals surface area contributed by atoms with Crippen molar-refractivity contribution in [1.82, 2.24) is 10.3 Å². The van der Waals surface area contributed by atoms with Crippen molar-refractivity contribution in [2.24, 2.45) is 0 Å². The minimum absolute atomic E-state index is 0.0686. The van der Waals surface area contributed by atoms with Gasteiger partial charge in [-0.3, -0.25) is 4.79 Å². The van der Waals surface area contributed by atoms with Gasteiger partial charge in [0.15, 0.2) is 0 Å². The molecule has 1 aromatic heterocycles. The van der Waals surface area contributed by atoms with Crippen molar-refractivity contribution in [3.63, 3.8) is 0 Å². The number of rotatable bonds is 4. The van der Waals surface area contributed by atoms with E-state index in [0.29, 0.717) is 0 Å². The van der Waals surface area contributed by atoms with Gasteiger partial charge in [-0.05, 0) is 44.9 Å². The Bertz CT molecular complexity index is 674. The molecular formula is C17H21N3OS. The average molecular weight is 315 g/mol. The van der Waals surface area contributed by atoms with E-state index in [2.05, 4.69) is 22.5 Å². The summed E-state index contributed by atoms with van der Waals surface area (Å²) in [6, 6.07) is 7.90. The highest BCUT2D eigenvalue weighted by Crippen LogP contribution is 2.27. The van der Waals surface area contributed by atoms with Crippen LogP contribution in [0.15, 0.2) is 29.6 Å². The van der Waals surface area contributed by atoms with Crippen LogP contribution in [0.3, 0.4) is 0 Å². The summed E-state index contributed by atoms with van der Waals surface area (Å²) in [5.74, 6) is 0.0686. The highest BCUT2D eigenvalue weighted by atomic mass is 32.1. The molecule has 1 amide bonds. The number of nitrogens with zero attached hydrogens (tertiary/aromatic N) is 1. The first kappa shape index (κ1) is 15.2. The van der Waals surface area contributed by atoms with E-state index in [1.807, 2.05) is 36.6 Å². The lowest BCUT2D eigenvalue weighted by molar-refractivity contribution is -0.122. The summed E-state index contributed by atoms with van der Waals surface area (Å²) in [4.78, 5) is 17.1.